The van der Waals surface area contributed by atoms with Crippen molar-refractivity contribution in [3.8, 4) is 0 Å². The lowest BCUT2D eigenvalue weighted by Crippen LogP contribution is -2.35. The van der Waals surface area contributed by atoms with Crippen molar-refractivity contribution in [1.29, 1.82) is 0 Å². The Hall–Kier alpha value is -0.380. The molecule has 0 aromatic carbocycles. The number of thiophene rings is 1. The summed E-state index contributed by atoms with van der Waals surface area (Å²) in [5.74, 6) is 6.63. The molecule has 3 N–H and O–H groups in total. The molecule has 2 rings (SSSR count). The van der Waals surface area contributed by atoms with Crippen LogP contribution in [0.2, 0.25) is 0 Å². The molecule has 3 heteroatoms. The van der Waals surface area contributed by atoms with E-state index in [0.29, 0.717) is 6.04 Å². The number of nitrogens with two attached hydrogens (primary N) is 1. The van der Waals surface area contributed by atoms with Gasteiger partial charge in [0, 0.05) is 10.9 Å². The summed E-state index contributed by atoms with van der Waals surface area (Å²) < 4.78 is 0. The monoisotopic (exact) mass is 252 g/mol. The van der Waals surface area contributed by atoms with Crippen LogP contribution in [0.5, 0.6) is 0 Å². The van der Waals surface area contributed by atoms with Gasteiger partial charge in [-0.05, 0) is 43.0 Å². The Morgan fingerprint density at radius 3 is 2.82 bits per heavy atom. The maximum Gasteiger partial charge on any atom is 0.0214 e. The van der Waals surface area contributed by atoms with E-state index in [2.05, 4.69) is 22.9 Å². The Morgan fingerprint density at radius 1 is 1.35 bits per heavy atom. The van der Waals surface area contributed by atoms with E-state index in [1.807, 2.05) is 11.3 Å². The van der Waals surface area contributed by atoms with Crippen molar-refractivity contribution in [3.63, 3.8) is 0 Å². The third-order valence-electron chi connectivity index (χ3n) is 3.95. The van der Waals surface area contributed by atoms with Gasteiger partial charge in [0.25, 0.3) is 0 Å². The highest BCUT2D eigenvalue weighted by Crippen LogP contribution is 2.29. The van der Waals surface area contributed by atoms with Crippen LogP contribution in [-0.2, 0) is 6.42 Å². The lowest BCUT2D eigenvalue weighted by molar-refractivity contribution is 0.394. The Labute approximate surface area is 109 Å². The number of hydrogen-bond acceptors (Lipinski definition) is 3. The van der Waals surface area contributed by atoms with E-state index in [-0.39, 0.29) is 0 Å². The van der Waals surface area contributed by atoms with E-state index in [1.165, 1.54) is 49.8 Å². The average molecular weight is 252 g/mol. The summed E-state index contributed by atoms with van der Waals surface area (Å²) >= 11 is 1.85. The van der Waals surface area contributed by atoms with Gasteiger partial charge < -0.3 is 0 Å². The van der Waals surface area contributed by atoms with Crippen molar-refractivity contribution in [2.45, 2.75) is 57.4 Å². The summed E-state index contributed by atoms with van der Waals surface area (Å²) in [6, 6.07) is 4.84. The number of hydrogen-bond donors (Lipinski definition) is 2. The Morgan fingerprint density at radius 2 is 2.18 bits per heavy atom. The van der Waals surface area contributed by atoms with Gasteiger partial charge in [-0.25, -0.2) is 0 Å². The topological polar surface area (TPSA) is 38.0 Å². The molecule has 1 unspecified atom stereocenters. The molecule has 1 fully saturated rings. The molecule has 0 radical (unpaired) electrons. The van der Waals surface area contributed by atoms with E-state index in [0.717, 1.165) is 12.3 Å². The zero-order chi connectivity index (χ0) is 11.9. The number of aryl methyl sites for hydroxylation is 1. The van der Waals surface area contributed by atoms with Crippen LogP contribution in [-0.4, -0.2) is 6.04 Å². The van der Waals surface area contributed by atoms with E-state index >= 15 is 0 Å². The minimum absolute atomic E-state index is 0.498. The predicted octanol–water partition coefficient (Wildman–Crippen LogP) is 3.48. The van der Waals surface area contributed by atoms with Crippen LogP contribution >= 0.6 is 11.3 Å². The first kappa shape index (κ1) is 13.1. The minimum atomic E-state index is 0.498. The van der Waals surface area contributed by atoms with Gasteiger partial charge in [0.2, 0.25) is 0 Å². The molecule has 2 nitrogen and oxygen atoms in total. The highest BCUT2D eigenvalue weighted by molar-refractivity contribution is 7.09. The molecule has 1 heterocycles. The van der Waals surface area contributed by atoms with Crippen molar-refractivity contribution in [3.05, 3.63) is 22.4 Å². The van der Waals surface area contributed by atoms with Gasteiger partial charge in [0.05, 0.1) is 0 Å². The van der Waals surface area contributed by atoms with Crippen LogP contribution in [0, 0.1) is 5.92 Å². The van der Waals surface area contributed by atoms with Gasteiger partial charge in [-0.1, -0.05) is 31.7 Å². The third-order valence-corrected chi connectivity index (χ3v) is 4.89. The fourth-order valence-electron chi connectivity index (χ4n) is 2.82. The van der Waals surface area contributed by atoms with E-state index in [1.54, 1.807) is 0 Å². The Bertz CT molecular complexity index is 291. The number of hydrazine groups is 1. The quantitative estimate of drug-likeness (QED) is 0.576. The number of rotatable bonds is 7. The highest BCUT2D eigenvalue weighted by atomic mass is 32.1. The van der Waals surface area contributed by atoms with E-state index < -0.39 is 0 Å². The summed E-state index contributed by atoms with van der Waals surface area (Å²) in [5, 5.41) is 2.15. The SMILES string of the molecule is NNC(CCc1cccs1)CCC1CCCC1. The van der Waals surface area contributed by atoms with Gasteiger partial charge in [-0.3, -0.25) is 11.3 Å². The molecular weight excluding hydrogens is 228 g/mol. The molecule has 1 aliphatic rings. The van der Waals surface area contributed by atoms with Gasteiger partial charge in [-0.15, -0.1) is 11.3 Å². The molecule has 0 saturated heterocycles. The standard InChI is InChI=1S/C14H24N2S/c15-16-13(8-7-12-4-1-2-5-12)9-10-14-6-3-11-17-14/h3,6,11-13,16H,1-2,4-5,7-10,15H2. The second-order valence-corrected chi connectivity index (χ2v) is 6.24. The zero-order valence-electron chi connectivity index (χ0n) is 10.5. The molecule has 1 aliphatic carbocycles. The summed E-state index contributed by atoms with van der Waals surface area (Å²) in [6.45, 7) is 0. The third kappa shape index (κ3) is 4.41. The Kier molecular flexibility index (Phi) is 5.49. The minimum Gasteiger partial charge on any atom is -0.271 e. The van der Waals surface area contributed by atoms with Gasteiger partial charge >= 0.3 is 0 Å². The molecule has 1 atom stereocenters. The van der Waals surface area contributed by atoms with Crippen molar-refractivity contribution in [2.24, 2.45) is 11.8 Å². The second-order valence-electron chi connectivity index (χ2n) is 5.21. The molecule has 1 aromatic heterocycles. The summed E-state index contributed by atoms with van der Waals surface area (Å²) in [7, 11) is 0. The maximum absolute atomic E-state index is 5.65. The first-order chi connectivity index (χ1) is 8.38. The molecule has 96 valence electrons. The summed E-state index contributed by atoms with van der Waals surface area (Å²) in [4.78, 5) is 1.48. The lowest BCUT2D eigenvalue weighted by atomic mass is 9.96. The first-order valence-electron chi connectivity index (χ1n) is 6.87. The number of nitrogens with one attached hydrogen (secondary N) is 1. The molecular formula is C14H24N2S. The summed E-state index contributed by atoms with van der Waals surface area (Å²) in [5.41, 5.74) is 2.99. The zero-order valence-corrected chi connectivity index (χ0v) is 11.3. The second kappa shape index (κ2) is 7.14. The van der Waals surface area contributed by atoms with Crippen molar-refractivity contribution < 1.29 is 0 Å². The van der Waals surface area contributed by atoms with Crippen molar-refractivity contribution in [2.75, 3.05) is 0 Å². The van der Waals surface area contributed by atoms with Crippen LogP contribution in [0.4, 0.5) is 0 Å². The fourth-order valence-corrected chi connectivity index (χ4v) is 3.54. The highest BCUT2D eigenvalue weighted by Gasteiger charge is 2.16. The van der Waals surface area contributed by atoms with Crippen LogP contribution in [0.1, 0.15) is 49.8 Å². The van der Waals surface area contributed by atoms with Crippen LogP contribution in [0.25, 0.3) is 0 Å². The molecule has 0 spiro atoms. The maximum atomic E-state index is 5.65. The average Bonchev–Trinajstić information content (AvgIpc) is 3.02. The molecule has 1 saturated carbocycles. The van der Waals surface area contributed by atoms with Crippen LogP contribution in [0.3, 0.4) is 0 Å². The van der Waals surface area contributed by atoms with E-state index in [4.69, 9.17) is 5.84 Å². The van der Waals surface area contributed by atoms with Gasteiger partial charge in [0.1, 0.15) is 0 Å². The fraction of sp³-hybridized carbons (Fsp3) is 0.714. The molecule has 0 aliphatic heterocycles. The van der Waals surface area contributed by atoms with Gasteiger partial charge in [0.15, 0.2) is 0 Å². The largest absolute Gasteiger partial charge is 0.271 e. The Balaban J connectivity index is 1.65. The smallest absolute Gasteiger partial charge is 0.0214 e. The molecule has 1 aromatic rings. The lowest BCUT2D eigenvalue weighted by Gasteiger charge is -2.17. The normalized spacial score (nSPS) is 18.6. The van der Waals surface area contributed by atoms with Crippen LogP contribution < -0.4 is 11.3 Å². The van der Waals surface area contributed by atoms with Crippen LogP contribution in [0.15, 0.2) is 17.5 Å². The van der Waals surface area contributed by atoms with Crippen molar-refractivity contribution >= 4 is 11.3 Å². The van der Waals surface area contributed by atoms with E-state index in [9.17, 15) is 0 Å². The molecule has 0 amide bonds. The molecule has 17 heavy (non-hydrogen) atoms. The summed E-state index contributed by atoms with van der Waals surface area (Å²) in [6.07, 6.45) is 10.7. The molecule has 0 bridgehead atoms. The predicted molar refractivity (Wildman–Crippen MR) is 74.9 cm³/mol. The first-order valence-corrected chi connectivity index (χ1v) is 7.75. The van der Waals surface area contributed by atoms with Crippen molar-refractivity contribution in [1.82, 2.24) is 5.43 Å². The van der Waals surface area contributed by atoms with Gasteiger partial charge in [-0.2, -0.15) is 0 Å².